The molecule has 0 saturated carbocycles. The lowest BCUT2D eigenvalue weighted by Crippen LogP contribution is -2.31. The highest BCUT2D eigenvalue weighted by Crippen LogP contribution is 2.47. The minimum atomic E-state index is -0.296. The fourth-order valence-electron chi connectivity index (χ4n) is 3.96. The van der Waals surface area contributed by atoms with Crippen LogP contribution < -0.4 is 10.1 Å². The molecule has 4 heterocycles. The number of ether oxygens (including phenoxy) is 2. The summed E-state index contributed by atoms with van der Waals surface area (Å²) < 4.78 is 11.7. The van der Waals surface area contributed by atoms with Crippen LogP contribution in [0.25, 0.3) is 0 Å². The van der Waals surface area contributed by atoms with Gasteiger partial charge in [0, 0.05) is 48.9 Å². The molecule has 2 aromatic rings. The third-order valence-corrected chi connectivity index (χ3v) is 5.99. The highest BCUT2D eigenvalue weighted by Gasteiger charge is 2.49. The molecule has 8 heteroatoms. The SMILES string of the molecule is COc1nccc2c1COC21CC(C)N(Cc2cnc(NC(C)=O)s2)C1. The van der Waals surface area contributed by atoms with Crippen molar-refractivity contribution in [3.8, 4) is 5.88 Å². The standard InChI is InChI=1S/C18H22N4O3S/c1-11-6-18(15-4-5-19-16(24-3)14(15)9-25-18)10-22(11)8-13-7-20-17(26-13)21-12(2)23/h4-5,7,11H,6,8-10H2,1-3H3,(H,20,21,23). The van der Waals surface area contributed by atoms with Crippen LogP contribution in [0.1, 0.15) is 36.3 Å². The Morgan fingerprint density at radius 3 is 3.15 bits per heavy atom. The van der Waals surface area contributed by atoms with Gasteiger partial charge in [-0.15, -0.1) is 11.3 Å². The number of nitrogens with one attached hydrogen (secondary N) is 1. The molecule has 26 heavy (non-hydrogen) atoms. The van der Waals surface area contributed by atoms with Crippen LogP contribution in [0.15, 0.2) is 18.5 Å². The Hall–Kier alpha value is -2.03. The molecule has 1 fully saturated rings. The highest BCUT2D eigenvalue weighted by molar-refractivity contribution is 7.15. The Morgan fingerprint density at radius 2 is 2.38 bits per heavy atom. The number of likely N-dealkylation sites (tertiary alicyclic amines) is 1. The summed E-state index contributed by atoms with van der Waals surface area (Å²) in [4.78, 5) is 23.3. The van der Waals surface area contributed by atoms with Crippen LogP contribution in [0.2, 0.25) is 0 Å². The maximum Gasteiger partial charge on any atom is 0.223 e. The summed E-state index contributed by atoms with van der Waals surface area (Å²) >= 11 is 1.52. The minimum Gasteiger partial charge on any atom is -0.481 e. The first-order valence-electron chi connectivity index (χ1n) is 8.63. The maximum atomic E-state index is 11.2. The molecule has 7 nitrogen and oxygen atoms in total. The zero-order chi connectivity index (χ0) is 18.3. The van der Waals surface area contributed by atoms with Crippen molar-refractivity contribution >= 4 is 22.4 Å². The molecule has 0 bridgehead atoms. The molecule has 2 aliphatic heterocycles. The molecule has 2 aliphatic rings. The Bertz CT molecular complexity index is 840. The number of hydrogen-bond donors (Lipinski definition) is 1. The third-order valence-electron chi connectivity index (χ3n) is 5.10. The van der Waals surface area contributed by atoms with Gasteiger partial charge in [0.05, 0.1) is 13.7 Å². The summed E-state index contributed by atoms with van der Waals surface area (Å²) in [5, 5.41) is 3.39. The molecule has 138 valence electrons. The molecule has 2 atom stereocenters. The van der Waals surface area contributed by atoms with Gasteiger partial charge in [-0.2, -0.15) is 0 Å². The van der Waals surface area contributed by atoms with Gasteiger partial charge in [-0.25, -0.2) is 9.97 Å². The predicted molar refractivity (Wildman–Crippen MR) is 98.2 cm³/mol. The predicted octanol–water partition coefficient (Wildman–Crippen LogP) is 2.53. The maximum absolute atomic E-state index is 11.2. The Kier molecular flexibility index (Phi) is 4.42. The van der Waals surface area contributed by atoms with E-state index in [0.717, 1.165) is 30.0 Å². The average Bonchev–Trinajstić information content (AvgIpc) is 3.27. The number of amides is 1. The zero-order valence-corrected chi connectivity index (χ0v) is 15.9. The third kappa shape index (κ3) is 2.98. The second kappa shape index (κ2) is 6.61. The van der Waals surface area contributed by atoms with E-state index in [1.165, 1.54) is 23.8 Å². The second-order valence-corrected chi connectivity index (χ2v) is 8.02. The quantitative estimate of drug-likeness (QED) is 0.886. The van der Waals surface area contributed by atoms with Crippen LogP contribution in [0.5, 0.6) is 5.88 Å². The number of nitrogens with zero attached hydrogens (tertiary/aromatic N) is 3. The van der Waals surface area contributed by atoms with Gasteiger partial charge in [0.1, 0.15) is 5.60 Å². The van der Waals surface area contributed by atoms with E-state index in [9.17, 15) is 4.79 Å². The largest absolute Gasteiger partial charge is 0.481 e. The van der Waals surface area contributed by atoms with Crippen molar-refractivity contribution in [3.63, 3.8) is 0 Å². The van der Waals surface area contributed by atoms with Gasteiger partial charge >= 0.3 is 0 Å². The monoisotopic (exact) mass is 374 g/mol. The Morgan fingerprint density at radius 1 is 1.54 bits per heavy atom. The number of thiazole rings is 1. The summed E-state index contributed by atoms with van der Waals surface area (Å²) in [5.41, 5.74) is 1.97. The molecule has 0 aromatic carbocycles. The van der Waals surface area contributed by atoms with Crippen molar-refractivity contribution in [1.29, 1.82) is 0 Å². The van der Waals surface area contributed by atoms with Gasteiger partial charge in [-0.1, -0.05) is 0 Å². The molecule has 4 rings (SSSR count). The molecule has 1 saturated heterocycles. The van der Waals surface area contributed by atoms with E-state index in [-0.39, 0.29) is 11.5 Å². The van der Waals surface area contributed by atoms with Crippen molar-refractivity contribution < 1.29 is 14.3 Å². The molecular weight excluding hydrogens is 352 g/mol. The molecule has 1 spiro atoms. The lowest BCUT2D eigenvalue weighted by atomic mass is 9.91. The first-order chi connectivity index (χ1) is 12.5. The Balaban J connectivity index is 1.53. The molecule has 1 amide bonds. The van der Waals surface area contributed by atoms with Crippen molar-refractivity contribution in [2.24, 2.45) is 0 Å². The van der Waals surface area contributed by atoms with Gasteiger partial charge in [0.15, 0.2) is 5.13 Å². The van der Waals surface area contributed by atoms with Gasteiger partial charge < -0.3 is 14.8 Å². The second-order valence-electron chi connectivity index (χ2n) is 6.90. The lowest BCUT2D eigenvalue weighted by Gasteiger charge is -2.24. The summed E-state index contributed by atoms with van der Waals surface area (Å²) in [6.07, 6.45) is 4.57. The summed E-state index contributed by atoms with van der Waals surface area (Å²) in [6.45, 7) is 5.87. The van der Waals surface area contributed by atoms with Crippen molar-refractivity contribution in [2.75, 3.05) is 19.0 Å². The topological polar surface area (TPSA) is 76.6 Å². The summed E-state index contributed by atoms with van der Waals surface area (Å²) in [6, 6.07) is 2.44. The number of hydrogen-bond acceptors (Lipinski definition) is 7. The number of anilines is 1. The number of carbonyl (C=O) groups is 1. The number of rotatable bonds is 4. The van der Waals surface area contributed by atoms with E-state index in [1.54, 1.807) is 13.3 Å². The van der Waals surface area contributed by atoms with Gasteiger partial charge in [-0.3, -0.25) is 9.69 Å². The van der Waals surface area contributed by atoms with Crippen LogP contribution in [0.3, 0.4) is 0 Å². The molecule has 0 aliphatic carbocycles. The fourth-order valence-corrected chi connectivity index (χ4v) is 4.84. The van der Waals surface area contributed by atoms with Crippen LogP contribution in [-0.2, 0) is 28.3 Å². The minimum absolute atomic E-state index is 0.0992. The number of aromatic nitrogens is 2. The summed E-state index contributed by atoms with van der Waals surface area (Å²) in [5.74, 6) is 0.561. The molecule has 1 N–H and O–H groups in total. The molecule has 0 radical (unpaired) electrons. The normalized spacial score (nSPS) is 24.8. The van der Waals surface area contributed by atoms with E-state index >= 15 is 0 Å². The average molecular weight is 374 g/mol. The molecule has 2 aromatic heterocycles. The number of pyridine rings is 1. The van der Waals surface area contributed by atoms with Gasteiger partial charge in [0.25, 0.3) is 0 Å². The van der Waals surface area contributed by atoms with Crippen LogP contribution in [0, 0.1) is 0 Å². The van der Waals surface area contributed by atoms with E-state index in [2.05, 4.69) is 33.2 Å². The van der Waals surface area contributed by atoms with Crippen molar-refractivity contribution in [1.82, 2.24) is 14.9 Å². The van der Waals surface area contributed by atoms with E-state index in [0.29, 0.717) is 23.7 Å². The molecule has 2 unspecified atom stereocenters. The highest BCUT2D eigenvalue weighted by atomic mass is 32.1. The van der Waals surface area contributed by atoms with E-state index in [1.807, 2.05) is 6.20 Å². The van der Waals surface area contributed by atoms with Crippen LogP contribution >= 0.6 is 11.3 Å². The van der Waals surface area contributed by atoms with Crippen LogP contribution in [-0.4, -0.2) is 40.5 Å². The number of fused-ring (bicyclic) bond motifs is 2. The molecular formula is C18H22N4O3S. The van der Waals surface area contributed by atoms with Gasteiger partial charge in [-0.05, 0) is 25.0 Å². The van der Waals surface area contributed by atoms with E-state index in [4.69, 9.17) is 9.47 Å². The number of carbonyl (C=O) groups excluding carboxylic acids is 1. The van der Waals surface area contributed by atoms with Gasteiger partial charge in [0.2, 0.25) is 11.8 Å². The smallest absolute Gasteiger partial charge is 0.223 e. The van der Waals surface area contributed by atoms with Crippen molar-refractivity contribution in [3.05, 3.63) is 34.5 Å². The lowest BCUT2D eigenvalue weighted by molar-refractivity contribution is -0.114. The zero-order valence-electron chi connectivity index (χ0n) is 15.1. The van der Waals surface area contributed by atoms with E-state index < -0.39 is 0 Å². The first kappa shape index (κ1) is 17.4. The first-order valence-corrected chi connectivity index (χ1v) is 9.45. The Labute approximate surface area is 156 Å². The van der Waals surface area contributed by atoms with Crippen LogP contribution in [0.4, 0.5) is 5.13 Å². The number of methoxy groups -OCH3 is 1. The fraction of sp³-hybridized carbons (Fsp3) is 0.500. The van der Waals surface area contributed by atoms with Crippen molar-refractivity contribution in [2.45, 2.75) is 45.1 Å². The summed E-state index contributed by atoms with van der Waals surface area (Å²) in [7, 11) is 1.65.